The lowest BCUT2D eigenvalue weighted by Gasteiger charge is -2.36. The summed E-state index contributed by atoms with van der Waals surface area (Å²) in [7, 11) is 1.48. The lowest BCUT2D eigenvalue weighted by molar-refractivity contribution is 0.0743. The molecule has 31 heavy (non-hydrogen) atoms. The minimum atomic E-state index is -0.187. The Balaban J connectivity index is 1.52. The van der Waals surface area contributed by atoms with Crippen LogP contribution in [0.1, 0.15) is 16.2 Å². The van der Waals surface area contributed by atoms with E-state index in [0.29, 0.717) is 53.4 Å². The van der Waals surface area contributed by atoms with E-state index >= 15 is 0 Å². The van der Waals surface area contributed by atoms with Gasteiger partial charge in [0.1, 0.15) is 17.2 Å². The second-order valence-electron chi connectivity index (χ2n) is 7.24. The summed E-state index contributed by atoms with van der Waals surface area (Å²) < 4.78 is 5.34. The van der Waals surface area contributed by atoms with Crippen LogP contribution in [0.4, 0.5) is 5.82 Å². The van der Waals surface area contributed by atoms with Gasteiger partial charge in [0.2, 0.25) is 0 Å². The zero-order chi connectivity index (χ0) is 22.0. The molecule has 2 heterocycles. The number of methoxy groups -OCH3 is 1. The van der Waals surface area contributed by atoms with Crippen LogP contribution in [0.5, 0.6) is 5.75 Å². The molecule has 2 aromatic carbocycles. The topological polar surface area (TPSA) is 58.6 Å². The summed E-state index contributed by atoms with van der Waals surface area (Å²) in [4.78, 5) is 26.3. The SMILES string of the molecule is COc1c(Cl)ccc(Cl)c1C(=O)N1CCN(c2cc(-c3ccccc3)nc(C)n2)CC1. The summed E-state index contributed by atoms with van der Waals surface area (Å²) in [5, 5.41) is 0.686. The number of aromatic nitrogens is 2. The summed E-state index contributed by atoms with van der Waals surface area (Å²) in [6.07, 6.45) is 0. The second-order valence-corrected chi connectivity index (χ2v) is 8.06. The highest BCUT2D eigenvalue weighted by Crippen LogP contribution is 2.35. The van der Waals surface area contributed by atoms with Gasteiger partial charge in [-0.25, -0.2) is 9.97 Å². The van der Waals surface area contributed by atoms with Crippen molar-refractivity contribution in [1.82, 2.24) is 14.9 Å². The number of aryl methyl sites for hydroxylation is 1. The smallest absolute Gasteiger partial charge is 0.259 e. The third kappa shape index (κ3) is 4.45. The Morgan fingerprint density at radius 2 is 1.65 bits per heavy atom. The summed E-state index contributed by atoms with van der Waals surface area (Å²) in [6, 6.07) is 15.3. The van der Waals surface area contributed by atoms with Crippen molar-refractivity contribution in [3.05, 3.63) is 70.0 Å². The zero-order valence-corrected chi connectivity index (χ0v) is 18.8. The minimum absolute atomic E-state index is 0.187. The molecule has 0 bridgehead atoms. The molecule has 0 atom stereocenters. The van der Waals surface area contributed by atoms with Crippen LogP contribution < -0.4 is 9.64 Å². The van der Waals surface area contributed by atoms with Crippen molar-refractivity contribution in [1.29, 1.82) is 0 Å². The normalized spacial score (nSPS) is 13.9. The van der Waals surface area contributed by atoms with Crippen LogP contribution in [-0.2, 0) is 0 Å². The molecule has 3 aromatic rings. The quantitative estimate of drug-likeness (QED) is 0.567. The highest BCUT2D eigenvalue weighted by Gasteiger charge is 2.28. The standard InChI is InChI=1S/C23H22Cl2N4O2/c1-15-26-19(16-6-4-3-5-7-16)14-20(27-15)28-10-12-29(13-11-28)23(30)21-17(24)8-9-18(25)22(21)31-2/h3-9,14H,10-13H2,1-2H3. The van der Waals surface area contributed by atoms with E-state index in [1.807, 2.05) is 43.3 Å². The number of benzene rings is 2. The number of carbonyl (C=O) groups is 1. The third-order valence-electron chi connectivity index (χ3n) is 5.26. The first kappa shape index (κ1) is 21.4. The number of piperazine rings is 1. The molecule has 160 valence electrons. The van der Waals surface area contributed by atoms with Gasteiger partial charge in [0, 0.05) is 37.8 Å². The Labute approximate surface area is 191 Å². The molecule has 0 saturated carbocycles. The molecule has 4 rings (SSSR count). The Hall–Kier alpha value is -2.83. The van der Waals surface area contributed by atoms with Gasteiger partial charge in [-0.05, 0) is 19.1 Å². The Bertz CT molecular complexity index is 1100. The van der Waals surface area contributed by atoms with E-state index < -0.39 is 0 Å². The van der Waals surface area contributed by atoms with Gasteiger partial charge in [0.15, 0.2) is 5.75 Å². The average Bonchev–Trinajstić information content (AvgIpc) is 2.80. The van der Waals surface area contributed by atoms with Gasteiger partial charge in [-0.3, -0.25) is 4.79 Å². The number of hydrogen-bond acceptors (Lipinski definition) is 5. The van der Waals surface area contributed by atoms with E-state index in [0.717, 1.165) is 17.1 Å². The molecule has 0 unspecified atom stereocenters. The third-order valence-corrected chi connectivity index (χ3v) is 5.87. The molecule has 0 N–H and O–H groups in total. The van der Waals surface area contributed by atoms with Gasteiger partial charge in [0.25, 0.3) is 5.91 Å². The Kier molecular flexibility index (Phi) is 6.30. The van der Waals surface area contributed by atoms with Gasteiger partial charge in [-0.15, -0.1) is 0 Å². The summed E-state index contributed by atoms with van der Waals surface area (Å²) in [6.45, 7) is 4.26. The fourth-order valence-electron chi connectivity index (χ4n) is 3.70. The molecule has 6 nitrogen and oxygen atoms in total. The van der Waals surface area contributed by atoms with Crippen LogP contribution >= 0.6 is 23.2 Å². The maximum Gasteiger partial charge on any atom is 0.259 e. The molecule has 0 radical (unpaired) electrons. The van der Waals surface area contributed by atoms with Gasteiger partial charge in [-0.1, -0.05) is 53.5 Å². The van der Waals surface area contributed by atoms with Crippen molar-refractivity contribution in [2.24, 2.45) is 0 Å². The fourth-order valence-corrected chi connectivity index (χ4v) is 4.16. The summed E-state index contributed by atoms with van der Waals surface area (Å²) >= 11 is 12.5. The first-order valence-electron chi connectivity index (χ1n) is 9.95. The van der Waals surface area contributed by atoms with E-state index in [1.54, 1.807) is 17.0 Å². The predicted molar refractivity (Wildman–Crippen MR) is 123 cm³/mol. The van der Waals surface area contributed by atoms with Crippen LogP contribution in [0, 0.1) is 6.92 Å². The first-order chi connectivity index (χ1) is 15.0. The number of ether oxygens (including phenoxy) is 1. The van der Waals surface area contributed by atoms with Gasteiger partial charge in [-0.2, -0.15) is 0 Å². The second kappa shape index (κ2) is 9.12. The highest BCUT2D eigenvalue weighted by molar-refractivity contribution is 6.37. The summed E-state index contributed by atoms with van der Waals surface area (Å²) in [5.41, 5.74) is 2.23. The minimum Gasteiger partial charge on any atom is -0.494 e. The van der Waals surface area contributed by atoms with Crippen LogP contribution in [-0.4, -0.2) is 54.1 Å². The number of hydrogen-bond donors (Lipinski definition) is 0. The van der Waals surface area contributed by atoms with E-state index in [-0.39, 0.29) is 5.91 Å². The molecule has 1 aromatic heterocycles. The van der Waals surface area contributed by atoms with Crippen molar-refractivity contribution < 1.29 is 9.53 Å². The molecular formula is C23H22Cl2N4O2. The number of nitrogens with zero attached hydrogens (tertiary/aromatic N) is 4. The molecule has 1 saturated heterocycles. The van der Waals surface area contributed by atoms with Crippen LogP contribution in [0.2, 0.25) is 10.0 Å². The molecule has 1 amide bonds. The lowest BCUT2D eigenvalue weighted by atomic mass is 10.1. The van der Waals surface area contributed by atoms with Crippen molar-refractivity contribution in [2.75, 3.05) is 38.2 Å². The zero-order valence-electron chi connectivity index (χ0n) is 17.3. The number of rotatable bonds is 4. The van der Waals surface area contributed by atoms with Crippen LogP contribution in [0.25, 0.3) is 11.3 Å². The molecular weight excluding hydrogens is 435 g/mol. The maximum atomic E-state index is 13.1. The Morgan fingerprint density at radius 1 is 0.968 bits per heavy atom. The van der Waals surface area contributed by atoms with Gasteiger partial charge < -0.3 is 14.5 Å². The molecule has 1 fully saturated rings. The van der Waals surface area contributed by atoms with Crippen molar-refractivity contribution in [3.8, 4) is 17.0 Å². The van der Waals surface area contributed by atoms with E-state index in [9.17, 15) is 4.79 Å². The van der Waals surface area contributed by atoms with Crippen LogP contribution in [0.15, 0.2) is 48.5 Å². The molecule has 1 aliphatic heterocycles. The average molecular weight is 457 g/mol. The fraction of sp³-hybridized carbons (Fsp3) is 0.261. The monoisotopic (exact) mass is 456 g/mol. The highest BCUT2D eigenvalue weighted by atomic mass is 35.5. The molecule has 0 aliphatic carbocycles. The van der Waals surface area contributed by atoms with E-state index in [1.165, 1.54) is 7.11 Å². The van der Waals surface area contributed by atoms with Crippen molar-refractivity contribution in [2.45, 2.75) is 6.92 Å². The maximum absolute atomic E-state index is 13.1. The van der Waals surface area contributed by atoms with Gasteiger partial charge in [0.05, 0.1) is 22.8 Å². The van der Waals surface area contributed by atoms with Crippen molar-refractivity contribution >= 4 is 34.9 Å². The predicted octanol–water partition coefficient (Wildman–Crippen LogP) is 4.73. The molecule has 8 heteroatoms. The van der Waals surface area contributed by atoms with Gasteiger partial charge >= 0.3 is 0 Å². The van der Waals surface area contributed by atoms with Crippen LogP contribution in [0.3, 0.4) is 0 Å². The van der Waals surface area contributed by atoms with E-state index in [2.05, 4.69) is 14.9 Å². The molecule has 0 spiro atoms. The Morgan fingerprint density at radius 3 is 2.32 bits per heavy atom. The molecule has 1 aliphatic rings. The number of carbonyl (C=O) groups excluding carboxylic acids is 1. The largest absolute Gasteiger partial charge is 0.494 e. The number of halogens is 2. The number of amides is 1. The first-order valence-corrected chi connectivity index (χ1v) is 10.7. The number of anilines is 1. The van der Waals surface area contributed by atoms with Crippen molar-refractivity contribution in [3.63, 3.8) is 0 Å². The summed E-state index contributed by atoms with van der Waals surface area (Å²) in [5.74, 6) is 1.69. The lowest BCUT2D eigenvalue weighted by Crippen LogP contribution is -2.49. The van der Waals surface area contributed by atoms with E-state index in [4.69, 9.17) is 27.9 Å².